The van der Waals surface area contributed by atoms with Gasteiger partial charge >= 0.3 is 5.97 Å². The molecule has 1 fully saturated rings. The molecule has 1 N–H and O–H groups in total. The lowest BCUT2D eigenvalue weighted by Gasteiger charge is -2.10. The summed E-state index contributed by atoms with van der Waals surface area (Å²) in [4.78, 5) is 23.5. The van der Waals surface area contributed by atoms with Gasteiger partial charge in [-0.3, -0.25) is 9.59 Å². The van der Waals surface area contributed by atoms with Gasteiger partial charge in [-0.05, 0) is 18.4 Å². The van der Waals surface area contributed by atoms with Crippen molar-refractivity contribution in [2.45, 2.75) is 30.5 Å². The molecule has 0 unspecified atom stereocenters. The summed E-state index contributed by atoms with van der Waals surface area (Å²) in [6.07, 6.45) is 2.25. The number of hydrogen-bond acceptors (Lipinski definition) is 7. The highest BCUT2D eigenvalue weighted by Crippen LogP contribution is 2.40. The quantitative estimate of drug-likeness (QED) is 0.345. The molecule has 1 amide bonds. The van der Waals surface area contributed by atoms with Gasteiger partial charge in [0.2, 0.25) is 0 Å². The fourth-order valence-electron chi connectivity index (χ4n) is 2.62. The summed E-state index contributed by atoms with van der Waals surface area (Å²) in [5.41, 5.74) is 1.15. The number of esters is 1. The van der Waals surface area contributed by atoms with E-state index >= 15 is 0 Å². The van der Waals surface area contributed by atoms with Gasteiger partial charge in [-0.15, -0.1) is 10.2 Å². The molecule has 0 radical (unpaired) electrons. The van der Waals surface area contributed by atoms with Crippen LogP contribution >= 0.6 is 11.8 Å². The first-order valence-corrected chi connectivity index (χ1v) is 10.2. The molecule has 1 saturated carbocycles. The minimum Gasteiger partial charge on any atom is -0.455 e. The highest BCUT2D eigenvalue weighted by molar-refractivity contribution is 7.99. The summed E-state index contributed by atoms with van der Waals surface area (Å²) in [5.74, 6) is 0.682. The topological polar surface area (TPSA) is 95.3 Å². The van der Waals surface area contributed by atoms with Gasteiger partial charge in [0.15, 0.2) is 11.8 Å². The fraction of sp³-hybridized carbons (Fsp3) is 0.474. The molecular formula is C19H24N4O4S. The minimum absolute atomic E-state index is 0.0724. The predicted octanol–water partition coefficient (Wildman–Crippen LogP) is 1.60. The summed E-state index contributed by atoms with van der Waals surface area (Å²) >= 11 is 1.28. The highest BCUT2D eigenvalue weighted by Gasteiger charge is 2.30. The Balaban J connectivity index is 1.52. The second kappa shape index (κ2) is 10.2. The molecule has 0 spiro atoms. The second-order valence-electron chi connectivity index (χ2n) is 6.48. The van der Waals surface area contributed by atoms with Crippen molar-refractivity contribution in [3.05, 3.63) is 41.7 Å². The van der Waals surface area contributed by atoms with Crippen molar-refractivity contribution in [1.29, 1.82) is 0 Å². The first-order valence-electron chi connectivity index (χ1n) is 9.18. The normalized spacial score (nSPS) is 13.3. The number of ether oxygens (including phenoxy) is 2. The Bertz CT molecular complexity index is 792. The van der Waals surface area contributed by atoms with Gasteiger partial charge in [0.25, 0.3) is 5.91 Å². The van der Waals surface area contributed by atoms with Crippen LogP contribution in [0.1, 0.15) is 30.1 Å². The first kappa shape index (κ1) is 20.3. The Morgan fingerprint density at radius 2 is 2.04 bits per heavy atom. The van der Waals surface area contributed by atoms with Gasteiger partial charge in [0.1, 0.15) is 5.82 Å². The van der Waals surface area contributed by atoms with Crippen LogP contribution in [0.4, 0.5) is 0 Å². The third-order valence-electron chi connectivity index (χ3n) is 4.18. The van der Waals surface area contributed by atoms with Crippen molar-refractivity contribution in [2.75, 3.05) is 32.6 Å². The zero-order valence-electron chi connectivity index (χ0n) is 15.8. The SMILES string of the molecule is COCCNC(=O)COC(=O)CSc1nnc(C2CC2)n1Cc1ccccc1. The van der Waals surface area contributed by atoms with Gasteiger partial charge in [0.05, 0.1) is 18.9 Å². The molecule has 1 aliphatic carbocycles. The Labute approximate surface area is 168 Å². The van der Waals surface area contributed by atoms with Crippen LogP contribution in [0.5, 0.6) is 0 Å². The number of nitrogens with one attached hydrogen (secondary N) is 1. The Morgan fingerprint density at radius 3 is 2.75 bits per heavy atom. The lowest BCUT2D eigenvalue weighted by atomic mass is 10.2. The predicted molar refractivity (Wildman–Crippen MR) is 104 cm³/mol. The van der Waals surface area contributed by atoms with Crippen LogP contribution in [0.25, 0.3) is 0 Å². The summed E-state index contributed by atoms with van der Waals surface area (Å²) in [6.45, 7) is 1.16. The number of carbonyl (C=O) groups excluding carboxylic acids is 2. The fourth-order valence-corrected chi connectivity index (χ4v) is 3.36. The van der Waals surface area contributed by atoms with Crippen molar-refractivity contribution in [1.82, 2.24) is 20.1 Å². The average Bonchev–Trinajstić information content (AvgIpc) is 3.48. The molecule has 1 heterocycles. The summed E-state index contributed by atoms with van der Waals surface area (Å²) in [7, 11) is 1.55. The molecule has 8 nitrogen and oxygen atoms in total. The lowest BCUT2D eigenvalue weighted by molar-refractivity contribution is -0.145. The molecule has 1 aromatic carbocycles. The number of rotatable bonds is 11. The van der Waals surface area contributed by atoms with Crippen LogP contribution in [0.2, 0.25) is 0 Å². The number of aromatic nitrogens is 3. The molecule has 0 saturated heterocycles. The largest absolute Gasteiger partial charge is 0.455 e. The molecule has 0 aliphatic heterocycles. The van der Waals surface area contributed by atoms with E-state index in [-0.39, 0.29) is 18.3 Å². The Kier molecular flexibility index (Phi) is 7.44. The number of carbonyl (C=O) groups is 2. The van der Waals surface area contributed by atoms with E-state index in [9.17, 15) is 9.59 Å². The zero-order chi connectivity index (χ0) is 19.8. The molecule has 0 bridgehead atoms. The minimum atomic E-state index is -0.464. The van der Waals surface area contributed by atoms with E-state index in [1.807, 2.05) is 18.2 Å². The molecule has 3 rings (SSSR count). The first-order chi connectivity index (χ1) is 13.7. The van der Waals surface area contributed by atoms with Gasteiger partial charge in [-0.2, -0.15) is 0 Å². The van der Waals surface area contributed by atoms with Gasteiger partial charge < -0.3 is 19.4 Å². The van der Waals surface area contributed by atoms with E-state index in [2.05, 4.69) is 32.2 Å². The van der Waals surface area contributed by atoms with Crippen molar-refractivity contribution >= 4 is 23.6 Å². The zero-order valence-corrected chi connectivity index (χ0v) is 16.6. The average molecular weight is 404 g/mol. The molecule has 1 aliphatic rings. The van der Waals surface area contributed by atoms with Crippen molar-refractivity contribution in [3.8, 4) is 0 Å². The van der Waals surface area contributed by atoms with E-state index in [4.69, 9.17) is 9.47 Å². The summed E-state index contributed by atoms with van der Waals surface area (Å²) in [6, 6.07) is 10.1. The Hall–Kier alpha value is -2.39. The van der Waals surface area contributed by atoms with Gasteiger partial charge in [0, 0.05) is 19.6 Å². The molecule has 0 atom stereocenters. The molecule has 28 heavy (non-hydrogen) atoms. The number of hydrogen-bond donors (Lipinski definition) is 1. The van der Waals surface area contributed by atoms with Gasteiger partial charge in [-0.1, -0.05) is 42.1 Å². The monoisotopic (exact) mass is 404 g/mol. The van der Waals surface area contributed by atoms with Crippen molar-refractivity contribution in [2.24, 2.45) is 0 Å². The standard InChI is InChI=1S/C19H24N4O4S/c1-26-10-9-20-16(24)12-27-17(25)13-28-19-22-21-18(15-7-8-15)23(19)11-14-5-3-2-4-6-14/h2-6,15H,7-13H2,1H3,(H,20,24). The van der Waals surface area contributed by atoms with E-state index in [0.717, 1.165) is 24.2 Å². The van der Waals surface area contributed by atoms with Crippen LogP contribution in [0.3, 0.4) is 0 Å². The maximum absolute atomic E-state index is 12.0. The highest BCUT2D eigenvalue weighted by atomic mass is 32.2. The number of thioether (sulfide) groups is 1. The van der Waals surface area contributed by atoms with E-state index in [0.29, 0.717) is 30.8 Å². The van der Waals surface area contributed by atoms with Crippen LogP contribution in [0.15, 0.2) is 35.5 Å². The number of amides is 1. The maximum atomic E-state index is 12.0. The van der Waals surface area contributed by atoms with Crippen LogP contribution in [0, 0.1) is 0 Å². The summed E-state index contributed by atoms with van der Waals surface area (Å²) < 4.78 is 11.9. The lowest BCUT2D eigenvalue weighted by Crippen LogP contribution is -2.31. The van der Waals surface area contributed by atoms with Crippen molar-refractivity contribution in [3.63, 3.8) is 0 Å². The van der Waals surface area contributed by atoms with Crippen LogP contribution in [-0.2, 0) is 25.6 Å². The van der Waals surface area contributed by atoms with E-state index in [1.165, 1.54) is 11.8 Å². The third-order valence-corrected chi connectivity index (χ3v) is 5.12. The third kappa shape index (κ3) is 6.07. The number of benzene rings is 1. The number of methoxy groups -OCH3 is 1. The van der Waals surface area contributed by atoms with Crippen LogP contribution in [-0.4, -0.2) is 59.3 Å². The smallest absolute Gasteiger partial charge is 0.316 e. The van der Waals surface area contributed by atoms with E-state index in [1.54, 1.807) is 7.11 Å². The van der Waals surface area contributed by atoms with Crippen molar-refractivity contribution < 1.29 is 19.1 Å². The molecule has 9 heteroatoms. The molecule has 150 valence electrons. The number of nitrogens with zero attached hydrogens (tertiary/aromatic N) is 3. The Morgan fingerprint density at radius 1 is 1.25 bits per heavy atom. The summed E-state index contributed by atoms with van der Waals surface area (Å²) in [5, 5.41) is 11.9. The maximum Gasteiger partial charge on any atom is 0.316 e. The van der Waals surface area contributed by atoms with Crippen LogP contribution < -0.4 is 5.32 Å². The molecule has 1 aromatic heterocycles. The second-order valence-corrected chi connectivity index (χ2v) is 7.42. The van der Waals surface area contributed by atoms with E-state index < -0.39 is 5.97 Å². The molecular weight excluding hydrogens is 380 g/mol. The van der Waals surface area contributed by atoms with Gasteiger partial charge in [-0.25, -0.2) is 0 Å². The molecule has 2 aromatic rings.